The van der Waals surface area contributed by atoms with Crippen LogP contribution in [0.3, 0.4) is 0 Å². The molecule has 1 aliphatic carbocycles. The van der Waals surface area contributed by atoms with Crippen LogP contribution in [-0.2, 0) is 13.6 Å². The number of aromatic nitrogens is 3. The van der Waals surface area contributed by atoms with Crippen LogP contribution in [-0.4, -0.2) is 21.0 Å². The van der Waals surface area contributed by atoms with Crippen LogP contribution in [0.5, 0.6) is 0 Å². The molecule has 1 fully saturated rings. The van der Waals surface area contributed by atoms with Gasteiger partial charge in [0.05, 0.1) is 5.69 Å². The fraction of sp³-hybridized carbons (Fsp3) is 0.778. The first kappa shape index (κ1) is 8.69. The van der Waals surface area contributed by atoms with Crippen molar-refractivity contribution in [3.8, 4) is 0 Å². The summed E-state index contributed by atoms with van der Waals surface area (Å²) in [7, 11) is 1.89. The summed E-state index contributed by atoms with van der Waals surface area (Å²) < 4.78 is 1.74. The molecule has 72 valence electrons. The summed E-state index contributed by atoms with van der Waals surface area (Å²) in [5, 5.41) is 11.4. The molecule has 0 spiro atoms. The second-order valence-corrected chi connectivity index (χ2v) is 3.77. The molecular weight excluding hydrogens is 164 g/mol. The molecule has 1 saturated carbocycles. The predicted octanol–water partition coefficient (Wildman–Crippen LogP) is 0.703. The van der Waals surface area contributed by atoms with Crippen LogP contribution >= 0.6 is 0 Å². The van der Waals surface area contributed by atoms with E-state index in [0.717, 1.165) is 24.2 Å². The second-order valence-electron chi connectivity index (χ2n) is 3.77. The summed E-state index contributed by atoms with van der Waals surface area (Å²) in [5.74, 6) is 0.900. The Labute approximate surface area is 78.3 Å². The smallest absolute Gasteiger partial charge is 0.0964 e. The summed E-state index contributed by atoms with van der Waals surface area (Å²) in [4.78, 5) is 0. The highest BCUT2D eigenvalue weighted by Crippen LogP contribution is 2.33. The van der Waals surface area contributed by atoms with Crippen molar-refractivity contribution < 1.29 is 0 Å². The summed E-state index contributed by atoms with van der Waals surface area (Å²) in [5.41, 5.74) is 1.03. The zero-order chi connectivity index (χ0) is 9.26. The van der Waals surface area contributed by atoms with Gasteiger partial charge in [-0.15, -0.1) is 5.10 Å². The summed E-state index contributed by atoms with van der Waals surface area (Å²) >= 11 is 0. The van der Waals surface area contributed by atoms with Crippen LogP contribution in [0.25, 0.3) is 0 Å². The first-order valence-corrected chi connectivity index (χ1v) is 4.88. The van der Waals surface area contributed by atoms with Gasteiger partial charge in [0.1, 0.15) is 0 Å². The maximum absolute atomic E-state index is 4.02. The molecule has 2 atom stereocenters. The van der Waals surface area contributed by atoms with E-state index in [-0.39, 0.29) is 0 Å². The Hall–Kier alpha value is -0.900. The average molecular weight is 180 g/mol. The van der Waals surface area contributed by atoms with Gasteiger partial charge >= 0.3 is 0 Å². The molecule has 1 aliphatic rings. The normalized spacial score (nSPS) is 26.3. The van der Waals surface area contributed by atoms with Gasteiger partial charge < -0.3 is 5.32 Å². The van der Waals surface area contributed by atoms with Gasteiger partial charge in [-0.25, -0.2) is 0 Å². The van der Waals surface area contributed by atoms with Crippen molar-refractivity contribution in [1.82, 2.24) is 20.3 Å². The second kappa shape index (κ2) is 3.46. The monoisotopic (exact) mass is 180 g/mol. The lowest BCUT2D eigenvalue weighted by Gasteiger charge is -1.98. The quantitative estimate of drug-likeness (QED) is 0.741. The van der Waals surface area contributed by atoms with Crippen molar-refractivity contribution >= 4 is 0 Å². The molecule has 1 N–H and O–H groups in total. The van der Waals surface area contributed by atoms with Crippen molar-refractivity contribution in [1.29, 1.82) is 0 Å². The van der Waals surface area contributed by atoms with Crippen LogP contribution in [0.2, 0.25) is 0 Å². The molecule has 1 aromatic heterocycles. The molecule has 13 heavy (non-hydrogen) atoms. The first-order chi connectivity index (χ1) is 6.29. The minimum absolute atomic E-state index is 0.729. The lowest BCUT2D eigenvalue weighted by molar-refractivity contribution is 0.614. The Morgan fingerprint density at radius 2 is 2.54 bits per heavy atom. The van der Waals surface area contributed by atoms with E-state index < -0.39 is 0 Å². The molecule has 1 aromatic rings. The average Bonchev–Trinajstić information content (AvgIpc) is 2.78. The molecule has 4 nitrogen and oxygen atoms in total. The molecule has 4 heteroatoms. The van der Waals surface area contributed by atoms with Gasteiger partial charge in [0, 0.05) is 25.8 Å². The van der Waals surface area contributed by atoms with Crippen LogP contribution < -0.4 is 5.32 Å². The van der Waals surface area contributed by atoms with Crippen molar-refractivity contribution in [3.05, 3.63) is 11.9 Å². The lowest BCUT2D eigenvalue weighted by atomic mass is 10.3. The Balaban J connectivity index is 1.75. The molecule has 2 rings (SSSR count). The van der Waals surface area contributed by atoms with Crippen LogP contribution in [0.15, 0.2) is 6.20 Å². The zero-order valence-corrected chi connectivity index (χ0v) is 8.20. The van der Waals surface area contributed by atoms with E-state index in [0.29, 0.717) is 0 Å². The van der Waals surface area contributed by atoms with Crippen molar-refractivity contribution in [3.63, 3.8) is 0 Å². The number of nitrogens with one attached hydrogen (secondary N) is 1. The maximum atomic E-state index is 4.02. The summed E-state index contributed by atoms with van der Waals surface area (Å²) in [6, 6.07) is 0.729. The van der Waals surface area contributed by atoms with Gasteiger partial charge in [0.25, 0.3) is 0 Å². The van der Waals surface area contributed by atoms with E-state index in [1.807, 2.05) is 13.2 Å². The maximum Gasteiger partial charge on any atom is 0.0964 e. The van der Waals surface area contributed by atoms with Gasteiger partial charge in [-0.3, -0.25) is 4.68 Å². The van der Waals surface area contributed by atoms with Crippen molar-refractivity contribution in [2.24, 2.45) is 13.0 Å². The molecular formula is C9H16N4. The van der Waals surface area contributed by atoms with E-state index in [1.54, 1.807) is 4.68 Å². The number of rotatable bonds is 4. The van der Waals surface area contributed by atoms with Gasteiger partial charge in [0.2, 0.25) is 0 Å². The van der Waals surface area contributed by atoms with E-state index >= 15 is 0 Å². The Kier molecular flexibility index (Phi) is 2.31. The molecule has 2 unspecified atom stereocenters. The number of nitrogens with zero attached hydrogens (tertiary/aromatic N) is 3. The molecule has 0 aliphatic heterocycles. The molecule has 0 saturated heterocycles. The Morgan fingerprint density at radius 1 is 1.69 bits per heavy atom. The van der Waals surface area contributed by atoms with Crippen LogP contribution in [0, 0.1) is 5.92 Å². The number of aryl methyl sites for hydroxylation is 1. The SMILES string of the molecule is CCC1CC1NCc1cn(C)nn1. The van der Waals surface area contributed by atoms with E-state index in [9.17, 15) is 0 Å². The predicted molar refractivity (Wildman–Crippen MR) is 50.0 cm³/mol. The minimum atomic E-state index is 0.729. The Morgan fingerprint density at radius 3 is 3.08 bits per heavy atom. The standard InChI is InChI=1S/C9H16N4/c1-3-7-4-9(7)10-5-8-6-13(2)12-11-8/h6-7,9-10H,3-5H2,1-2H3. The largest absolute Gasteiger partial charge is 0.308 e. The number of hydrogen-bond donors (Lipinski definition) is 1. The van der Waals surface area contributed by atoms with E-state index in [1.165, 1.54) is 12.8 Å². The highest BCUT2D eigenvalue weighted by atomic mass is 15.4. The van der Waals surface area contributed by atoms with Gasteiger partial charge in [-0.05, 0) is 12.3 Å². The highest BCUT2D eigenvalue weighted by molar-refractivity contribution is 4.97. The minimum Gasteiger partial charge on any atom is -0.308 e. The summed E-state index contributed by atoms with van der Waals surface area (Å²) in [6.07, 6.45) is 4.57. The molecule has 0 bridgehead atoms. The topological polar surface area (TPSA) is 42.7 Å². The fourth-order valence-electron chi connectivity index (χ4n) is 1.66. The van der Waals surface area contributed by atoms with Gasteiger partial charge in [-0.1, -0.05) is 18.6 Å². The molecule has 1 heterocycles. The third kappa shape index (κ3) is 2.06. The van der Waals surface area contributed by atoms with Gasteiger partial charge in [-0.2, -0.15) is 0 Å². The van der Waals surface area contributed by atoms with E-state index in [4.69, 9.17) is 0 Å². The van der Waals surface area contributed by atoms with E-state index in [2.05, 4.69) is 22.6 Å². The first-order valence-electron chi connectivity index (χ1n) is 4.88. The van der Waals surface area contributed by atoms with Crippen LogP contribution in [0.4, 0.5) is 0 Å². The highest BCUT2D eigenvalue weighted by Gasteiger charge is 2.34. The molecule has 0 aromatic carbocycles. The molecule has 0 amide bonds. The Bertz CT molecular complexity index is 281. The van der Waals surface area contributed by atoms with Crippen molar-refractivity contribution in [2.45, 2.75) is 32.4 Å². The third-order valence-corrected chi connectivity index (χ3v) is 2.64. The fourth-order valence-corrected chi connectivity index (χ4v) is 1.66. The van der Waals surface area contributed by atoms with Gasteiger partial charge in [0.15, 0.2) is 0 Å². The third-order valence-electron chi connectivity index (χ3n) is 2.64. The summed E-state index contributed by atoms with van der Waals surface area (Å²) in [6.45, 7) is 3.10. The number of hydrogen-bond acceptors (Lipinski definition) is 3. The zero-order valence-electron chi connectivity index (χ0n) is 8.20. The van der Waals surface area contributed by atoms with Crippen molar-refractivity contribution in [2.75, 3.05) is 0 Å². The molecule has 0 radical (unpaired) electrons. The lowest BCUT2D eigenvalue weighted by Crippen LogP contribution is -2.17. The van der Waals surface area contributed by atoms with Crippen LogP contribution in [0.1, 0.15) is 25.5 Å².